The van der Waals surface area contributed by atoms with E-state index in [0.717, 1.165) is 17.7 Å². The second-order valence-electron chi connectivity index (χ2n) is 6.91. The number of nitrogens with one attached hydrogen (secondary N) is 2. The standard InChI is InChI=1S/C20H18F3N3O2/c21-15-3-2-12(9-16(15)22)26-8-6-14(20(26)28)19(27)25-17-4-1-11-10-24-7-5-13(11)18(17)23/h1-4,9,14,24H,5-8,10H2,(H,25,27). The summed E-state index contributed by atoms with van der Waals surface area (Å²) in [7, 11) is 0. The molecule has 2 heterocycles. The van der Waals surface area contributed by atoms with Gasteiger partial charge in [0.05, 0.1) is 5.69 Å². The number of halogens is 3. The number of hydrogen-bond acceptors (Lipinski definition) is 3. The van der Waals surface area contributed by atoms with Crippen LogP contribution in [0, 0.1) is 23.4 Å². The highest BCUT2D eigenvalue weighted by Crippen LogP contribution is 2.29. The van der Waals surface area contributed by atoms with Crippen molar-refractivity contribution >= 4 is 23.2 Å². The van der Waals surface area contributed by atoms with Crippen molar-refractivity contribution in [3.63, 3.8) is 0 Å². The van der Waals surface area contributed by atoms with Crippen molar-refractivity contribution in [3.05, 3.63) is 58.9 Å². The van der Waals surface area contributed by atoms with Gasteiger partial charge < -0.3 is 15.5 Å². The van der Waals surface area contributed by atoms with E-state index in [1.165, 1.54) is 17.0 Å². The van der Waals surface area contributed by atoms with Crippen LogP contribution in [0.4, 0.5) is 24.5 Å². The van der Waals surface area contributed by atoms with E-state index in [9.17, 15) is 22.8 Å². The van der Waals surface area contributed by atoms with E-state index in [-0.39, 0.29) is 24.3 Å². The Morgan fingerprint density at radius 3 is 2.75 bits per heavy atom. The summed E-state index contributed by atoms with van der Waals surface area (Å²) >= 11 is 0. The van der Waals surface area contributed by atoms with Gasteiger partial charge in [0, 0.05) is 24.8 Å². The summed E-state index contributed by atoms with van der Waals surface area (Å²) in [6.07, 6.45) is 0.733. The van der Waals surface area contributed by atoms with Crippen LogP contribution in [0.3, 0.4) is 0 Å². The lowest BCUT2D eigenvalue weighted by molar-refractivity contribution is -0.129. The Morgan fingerprint density at radius 2 is 1.96 bits per heavy atom. The molecule has 28 heavy (non-hydrogen) atoms. The number of benzene rings is 2. The van der Waals surface area contributed by atoms with Crippen LogP contribution in [0.2, 0.25) is 0 Å². The first-order valence-electron chi connectivity index (χ1n) is 9.04. The lowest BCUT2D eigenvalue weighted by atomic mass is 9.99. The fourth-order valence-electron chi connectivity index (χ4n) is 3.68. The van der Waals surface area contributed by atoms with E-state index in [2.05, 4.69) is 10.6 Å². The molecule has 0 aromatic heterocycles. The molecule has 1 unspecified atom stereocenters. The number of fused-ring (bicyclic) bond motifs is 1. The van der Waals surface area contributed by atoms with Gasteiger partial charge in [-0.05, 0) is 48.7 Å². The van der Waals surface area contributed by atoms with Gasteiger partial charge >= 0.3 is 0 Å². The first-order valence-corrected chi connectivity index (χ1v) is 9.04. The zero-order valence-corrected chi connectivity index (χ0v) is 14.9. The molecule has 2 amide bonds. The first kappa shape index (κ1) is 18.5. The third kappa shape index (κ3) is 3.24. The monoisotopic (exact) mass is 389 g/mol. The summed E-state index contributed by atoms with van der Waals surface area (Å²) in [5, 5.41) is 5.66. The van der Waals surface area contributed by atoms with E-state index in [0.29, 0.717) is 25.1 Å². The maximum atomic E-state index is 14.7. The van der Waals surface area contributed by atoms with Gasteiger partial charge in [0.15, 0.2) is 11.6 Å². The topological polar surface area (TPSA) is 61.4 Å². The molecule has 2 aromatic rings. The van der Waals surface area contributed by atoms with Crippen molar-refractivity contribution in [2.24, 2.45) is 5.92 Å². The van der Waals surface area contributed by atoms with Gasteiger partial charge in [-0.15, -0.1) is 0 Å². The Hall–Kier alpha value is -2.87. The van der Waals surface area contributed by atoms with Crippen LogP contribution < -0.4 is 15.5 Å². The molecule has 146 valence electrons. The molecule has 4 rings (SSSR count). The highest BCUT2D eigenvalue weighted by Gasteiger charge is 2.38. The zero-order chi connectivity index (χ0) is 19.8. The van der Waals surface area contributed by atoms with Crippen LogP contribution in [-0.4, -0.2) is 24.9 Å². The van der Waals surface area contributed by atoms with E-state index in [4.69, 9.17) is 0 Å². The lowest BCUT2D eigenvalue weighted by Gasteiger charge is -2.20. The molecule has 0 spiro atoms. The van der Waals surface area contributed by atoms with Crippen molar-refractivity contribution in [1.29, 1.82) is 0 Å². The number of anilines is 2. The predicted molar refractivity (Wildman–Crippen MR) is 97.3 cm³/mol. The lowest BCUT2D eigenvalue weighted by Crippen LogP contribution is -2.33. The second kappa shape index (κ2) is 7.27. The number of amides is 2. The Balaban J connectivity index is 1.50. The van der Waals surface area contributed by atoms with Crippen molar-refractivity contribution in [2.75, 3.05) is 23.3 Å². The van der Waals surface area contributed by atoms with Crippen molar-refractivity contribution in [3.8, 4) is 0 Å². The summed E-state index contributed by atoms with van der Waals surface area (Å²) in [5.74, 6) is -4.69. The Labute approximate surface area is 159 Å². The number of hydrogen-bond donors (Lipinski definition) is 2. The van der Waals surface area contributed by atoms with Crippen molar-refractivity contribution in [2.45, 2.75) is 19.4 Å². The molecule has 0 aliphatic carbocycles. The molecular formula is C20H18F3N3O2. The third-order valence-corrected chi connectivity index (χ3v) is 5.20. The number of carbonyl (C=O) groups is 2. The summed E-state index contributed by atoms with van der Waals surface area (Å²) in [6, 6.07) is 6.39. The minimum absolute atomic E-state index is 0.0460. The van der Waals surface area contributed by atoms with E-state index in [1.54, 1.807) is 6.07 Å². The molecule has 0 radical (unpaired) electrons. The summed E-state index contributed by atoms with van der Waals surface area (Å²) in [4.78, 5) is 26.4. The fourth-order valence-corrected chi connectivity index (χ4v) is 3.68. The highest BCUT2D eigenvalue weighted by atomic mass is 19.2. The van der Waals surface area contributed by atoms with Crippen molar-refractivity contribution < 1.29 is 22.8 Å². The summed E-state index contributed by atoms with van der Waals surface area (Å²) in [6.45, 7) is 1.43. The Morgan fingerprint density at radius 1 is 1.14 bits per heavy atom. The minimum Gasteiger partial charge on any atom is -0.323 e. The van der Waals surface area contributed by atoms with Gasteiger partial charge in [0.25, 0.3) is 0 Å². The van der Waals surface area contributed by atoms with E-state index < -0.39 is 35.2 Å². The second-order valence-corrected chi connectivity index (χ2v) is 6.91. The minimum atomic E-state index is -1.07. The SMILES string of the molecule is O=C(Nc1ccc2c(c1F)CCNC2)C1CCN(c2ccc(F)c(F)c2)C1=O. The molecular weight excluding hydrogens is 371 g/mol. The molecule has 1 fully saturated rings. The van der Waals surface area contributed by atoms with E-state index >= 15 is 0 Å². The van der Waals surface area contributed by atoms with Crippen LogP contribution in [0.15, 0.2) is 30.3 Å². The van der Waals surface area contributed by atoms with Crippen LogP contribution in [0.1, 0.15) is 17.5 Å². The number of carbonyl (C=O) groups excluding carboxylic acids is 2. The number of nitrogens with zero attached hydrogens (tertiary/aromatic N) is 1. The summed E-state index contributed by atoms with van der Waals surface area (Å²) in [5.41, 5.74) is 1.65. The van der Waals surface area contributed by atoms with Crippen LogP contribution >= 0.6 is 0 Å². The Kier molecular flexibility index (Phi) is 4.80. The molecule has 0 saturated carbocycles. The molecule has 8 heteroatoms. The van der Waals surface area contributed by atoms with Crippen LogP contribution in [0.5, 0.6) is 0 Å². The quantitative estimate of drug-likeness (QED) is 0.794. The maximum Gasteiger partial charge on any atom is 0.239 e. The molecule has 2 aliphatic heterocycles. The smallest absolute Gasteiger partial charge is 0.239 e. The largest absolute Gasteiger partial charge is 0.323 e. The van der Waals surface area contributed by atoms with Gasteiger partial charge in [-0.2, -0.15) is 0 Å². The van der Waals surface area contributed by atoms with Gasteiger partial charge in [0.2, 0.25) is 11.8 Å². The van der Waals surface area contributed by atoms with Gasteiger partial charge in [-0.3, -0.25) is 9.59 Å². The maximum absolute atomic E-state index is 14.7. The molecule has 0 bridgehead atoms. The van der Waals surface area contributed by atoms with Gasteiger partial charge in [-0.25, -0.2) is 13.2 Å². The van der Waals surface area contributed by atoms with Crippen LogP contribution in [-0.2, 0) is 22.6 Å². The van der Waals surface area contributed by atoms with E-state index in [1.807, 2.05) is 0 Å². The zero-order valence-electron chi connectivity index (χ0n) is 14.9. The third-order valence-electron chi connectivity index (χ3n) is 5.20. The predicted octanol–water partition coefficient (Wildman–Crippen LogP) is 2.74. The average molecular weight is 389 g/mol. The van der Waals surface area contributed by atoms with Crippen molar-refractivity contribution in [1.82, 2.24) is 5.32 Å². The molecule has 2 aliphatic rings. The fraction of sp³-hybridized carbons (Fsp3) is 0.300. The number of rotatable bonds is 3. The molecule has 2 aromatic carbocycles. The Bertz CT molecular complexity index is 964. The highest BCUT2D eigenvalue weighted by molar-refractivity contribution is 6.13. The van der Waals surface area contributed by atoms with Gasteiger partial charge in [-0.1, -0.05) is 6.07 Å². The molecule has 2 N–H and O–H groups in total. The average Bonchev–Trinajstić information content (AvgIpc) is 3.08. The molecule has 5 nitrogen and oxygen atoms in total. The van der Waals surface area contributed by atoms with Crippen LogP contribution in [0.25, 0.3) is 0 Å². The van der Waals surface area contributed by atoms with Gasteiger partial charge in [0.1, 0.15) is 11.7 Å². The molecule has 1 saturated heterocycles. The normalized spacial score (nSPS) is 18.9. The molecule has 1 atom stereocenters. The first-order chi connectivity index (χ1) is 13.5. The summed E-state index contributed by atoms with van der Waals surface area (Å²) < 4.78 is 41.3.